The summed E-state index contributed by atoms with van der Waals surface area (Å²) in [5.41, 5.74) is 0.688. The maximum atomic E-state index is 11.9. The van der Waals surface area contributed by atoms with Gasteiger partial charge in [0.2, 0.25) is 5.89 Å². The summed E-state index contributed by atoms with van der Waals surface area (Å²) in [6.07, 6.45) is -1.22. The summed E-state index contributed by atoms with van der Waals surface area (Å²) in [6, 6.07) is 0. The molecule has 1 heterocycles. The highest BCUT2D eigenvalue weighted by Gasteiger charge is 2.14. The lowest BCUT2D eigenvalue weighted by Crippen LogP contribution is -1.98. The number of aliphatic hydroxyl groups excluding tert-OH is 1. The Morgan fingerprint density at radius 1 is 1.64 bits per heavy atom. The topological polar surface area (TPSA) is 46.3 Å². The van der Waals surface area contributed by atoms with Crippen LogP contribution < -0.4 is 0 Å². The smallest absolute Gasteiger partial charge is 0.226 e. The second-order valence-corrected chi connectivity index (χ2v) is 2.36. The van der Waals surface area contributed by atoms with E-state index in [1.165, 1.54) is 0 Å². The van der Waals surface area contributed by atoms with Crippen molar-refractivity contribution < 1.29 is 13.9 Å². The van der Waals surface area contributed by atoms with Gasteiger partial charge in [-0.05, 0) is 13.8 Å². The zero-order valence-electron chi connectivity index (χ0n) is 6.47. The van der Waals surface area contributed by atoms with Crippen LogP contribution in [0.5, 0.6) is 0 Å². The Morgan fingerprint density at radius 3 is 2.64 bits per heavy atom. The molecule has 1 atom stereocenters. The Hall–Kier alpha value is -0.900. The van der Waals surface area contributed by atoms with E-state index in [0.29, 0.717) is 11.5 Å². The zero-order chi connectivity index (χ0) is 8.43. The van der Waals surface area contributed by atoms with Crippen LogP contribution in [0.15, 0.2) is 4.42 Å². The first-order valence-electron chi connectivity index (χ1n) is 3.33. The number of nitrogens with zero attached hydrogens (tertiary/aromatic N) is 1. The Kier molecular flexibility index (Phi) is 2.24. The number of aryl methyl sites for hydroxylation is 2. The van der Waals surface area contributed by atoms with Crippen LogP contribution in [0.4, 0.5) is 4.39 Å². The summed E-state index contributed by atoms with van der Waals surface area (Å²) < 4.78 is 16.8. The summed E-state index contributed by atoms with van der Waals surface area (Å²) in [6.45, 7) is 2.60. The quantitative estimate of drug-likeness (QED) is 0.707. The summed E-state index contributed by atoms with van der Waals surface area (Å²) in [7, 11) is 0. The van der Waals surface area contributed by atoms with Crippen molar-refractivity contribution in [3.8, 4) is 0 Å². The Bertz CT molecular complexity index is 227. The second kappa shape index (κ2) is 3.00. The molecule has 1 aromatic heterocycles. The van der Waals surface area contributed by atoms with Crippen molar-refractivity contribution in [3.05, 3.63) is 17.3 Å². The molecule has 0 fully saturated rings. The SMILES string of the molecule is Cc1nc(C(O)CF)oc1C. The van der Waals surface area contributed by atoms with Gasteiger partial charge in [-0.1, -0.05) is 0 Å². The predicted octanol–water partition coefficient (Wildman–Crippen LogP) is 1.29. The molecule has 3 nitrogen and oxygen atoms in total. The van der Waals surface area contributed by atoms with Gasteiger partial charge in [-0.3, -0.25) is 0 Å². The Labute approximate surface area is 63.9 Å². The Balaban J connectivity index is 2.88. The van der Waals surface area contributed by atoms with Gasteiger partial charge in [0.15, 0.2) is 6.10 Å². The lowest BCUT2D eigenvalue weighted by molar-refractivity contribution is 0.111. The second-order valence-electron chi connectivity index (χ2n) is 2.36. The molecule has 0 aliphatic rings. The van der Waals surface area contributed by atoms with Gasteiger partial charge < -0.3 is 9.52 Å². The molecule has 0 aliphatic carbocycles. The van der Waals surface area contributed by atoms with E-state index in [1.54, 1.807) is 13.8 Å². The summed E-state index contributed by atoms with van der Waals surface area (Å²) in [4.78, 5) is 3.82. The molecular weight excluding hydrogens is 149 g/mol. The van der Waals surface area contributed by atoms with Crippen LogP contribution in [0.3, 0.4) is 0 Å². The maximum absolute atomic E-state index is 11.9. The zero-order valence-corrected chi connectivity index (χ0v) is 6.47. The fourth-order valence-electron chi connectivity index (χ4n) is 0.706. The molecule has 0 spiro atoms. The highest BCUT2D eigenvalue weighted by atomic mass is 19.1. The highest BCUT2D eigenvalue weighted by molar-refractivity contribution is 5.06. The summed E-state index contributed by atoms with van der Waals surface area (Å²) in [5.74, 6) is 0.676. The molecule has 0 aliphatic heterocycles. The highest BCUT2D eigenvalue weighted by Crippen LogP contribution is 2.15. The van der Waals surface area contributed by atoms with Gasteiger partial charge in [0.1, 0.15) is 12.4 Å². The number of oxazole rings is 1. The van der Waals surface area contributed by atoms with E-state index >= 15 is 0 Å². The van der Waals surface area contributed by atoms with Crippen LogP contribution >= 0.6 is 0 Å². The van der Waals surface area contributed by atoms with Crippen LogP contribution in [-0.4, -0.2) is 16.8 Å². The van der Waals surface area contributed by atoms with Gasteiger partial charge in [0.25, 0.3) is 0 Å². The van der Waals surface area contributed by atoms with E-state index in [2.05, 4.69) is 4.98 Å². The summed E-state index contributed by atoms with van der Waals surface area (Å²) in [5, 5.41) is 8.94. The molecule has 4 heteroatoms. The number of alkyl halides is 1. The van der Waals surface area contributed by atoms with Crippen LogP contribution in [0.2, 0.25) is 0 Å². The third-order valence-corrected chi connectivity index (χ3v) is 1.48. The molecule has 1 aromatic rings. The van der Waals surface area contributed by atoms with Gasteiger partial charge >= 0.3 is 0 Å². The van der Waals surface area contributed by atoms with Gasteiger partial charge in [-0.25, -0.2) is 9.37 Å². The van der Waals surface area contributed by atoms with Crippen LogP contribution in [0.25, 0.3) is 0 Å². The number of halogens is 1. The number of hydrogen-bond acceptors (Lipinski definition) is 3. The van der Waals surface area contributed by atoms with Crippen LogP contribution in [0.1, 0.15) is 23.4 Å². The number of aliphatic hydroxyl groups is 1. The van der Waals surface area contributed by atoms with Crippen molar-refractivity contribution in [2.24, 2.45) is 0 Å². The molecule has 0 aromatic carbocycles. The normalized spacial score (nSPS) is 13.5. The lowest BCUT2D eigenvalue weighted by Gasteiger charge is -1.97. The Morgan fingerprint density at radius 2 is 2.27 bits per heavy atom. The monoisotopic (exact) mass is 159 g/mol. The molecule has 0 radical (unpaired) electrons. The first-order valence-corrected chi connectivity index (χ1v) is 3.33. The van der Waals surface area contributed by atoms with Crippen molar-refractivity contribution in [1.29, 1.82) is 0 Å². The standard InChI is InChI=1S/C7H10FNO2/c1-4-5(2)11-7(9-4)6(10)3-8/h6,10H,3H2,1-2H3. The molecule has 1 N–H and O–H groups in total. The van der Waals surface area contributed by atoms with Gasteiger partial charge in [0.05, 0.1) is 5.69 Å². The van der Waals surface area contributed by atoms with Crippen molar-refractivity contribution in [3.63, 3.8) is 0 Å². The van der Waals surface area contributed by atoms with Crippen molar-refractivity contribution in [1.82, 2.24) is 4.98 Å². The molecule has 0 saturated carbocycles. The average molecular weight is 159 g/mol. The number of rotatable bonds is 2. The molecule has 0 amide bonds. The maximum Gasteiger partial charge on any atom is 0.226 e. The largest absolute Gasteiger partial charge is 0.443 e. The lowest BCUT2D eigenvalue weighted by atomic mass is 10.4. The molecule has 62 valence electrons. The predicted molar refractivity (Wildman–Crippen MR) is 36.9 cm³/mol. The molecule has 0 saturated heterocycles. The van der Waals surface area contributed by atoms with Crippen molar-refractivity contribution in [2.45, 2.75) is 20.0 Å². The van der Waals surface area contributed by atoms with Crippen molar-refractivity contribution >= 4 is 0 Å². The number of hydrogen-bond donors (Lipinski definition) is 1. The minimum atomic E-state index is -1.22. The minimum absolute atomic E-state index is 0.0579. The number of aromatic nitrogens is 1. The third kappa shape index (κ3) is 1.57. The molecule has 1 rings (SSSR count). The van der Waals surface area contributed by atoms with Crippen LogP contribution in [0, 0.1) is 13.8 Å². The fourth-order valence-corrected chi connectivity index (χ4v) is 0.706. The van der Waals surface area contributed by atoms with E-state index in [4.69, 9.17) is 9.52 Å². The molecule has 1 unspecified atom stereocenters. The van der Waals surface area contributed by atoms with Gasteiger partial charge in [0, 0.05) is 0 Å². The average Bonchev–Trinajstić information content (AvgIpc) is 2.31. The van der Waals surface area contributed by atoms with Crippen LogP contribution in [-0.2, 0) is 0 Å². The molecule has 0 bridgehead atoms. The third-order valence-electron chi connectivity index (χ3n) is 1.48. The van der Waals surface area contributed by atoms with Gasteiger partial charge in [-0.2, -0.15) is 0 Å². The van der Waals surface area contributed by atoms with E-state index < -0.39 is 12.8 Å². The minimum Gasteiger partial charge on any atom is -0.443 e. The van der Waals surface area contributed by atoms with E-state index in [1.807, 2.05) is 0 Å². The summed E-state index contributed by atoms with van der Waals surface area (Å²) >= 11 is 0. The van der Waals surface area contributed by atoms with E-state index in [0.717, 1.165) is 0 Å². The first kappa shape index (κ1) is 8.20. The van der Waals surface area contributed by atoms with E-state index in [-0.39, 0.29) is 5.89 Å². The first-order chi connectivity index (χ1) is 5.15. The van der Waals surface area contributed by atoms with Gasteiger partial charge in [-0.15, -0.1) is 0 Å². The van der Waals surface area contributed by atoms with E-state index in [9.17, 15) is 4.39 Å². The fraction of sp³-hybridized carbons (Fsp3) is 0.571. The molecule has 11 heavy (non-hydrogen) atoms. The van der Waals surface area contributed by atoms with Crippen molar-refractivity contribution in [2.75, 3.05) is 6.67 Å². The molecular formula is C7H10FNO2.